The molecule has 4 rings (SSSR count). The Labute approximate surface area is 180 Å². The second-order valence-electron chi connectivity index (χ2n) is 9.51. The Kier molecular flexibility index (Phi) is 6.78. The zero-order valence-corrected chi connectivity index (χ0v) is 18.5. The van der Waals surface area contributed by atoms with Crippen molar-refractivity contribution in [1.29, 1.82) is 0 Å². The van der Waals surface area contributed by atoms with Gasteiger partial charge >= 0.3 is 0 Å². The molecule has 3 heterocycles. The van der Waals surface area contributed by atoms with Gasteiger partial charge in [0.15, 0.2) is 0 Å². The summed E-state index contributed by atoms with van der Waals surface area (Å²) in [4.78, 5) is 22.3. The standard InChI is InChI=1S/C23H36N4O3/c1-23(2,9-12-26-13-15-29-16-14-26)25-21(28)19-7-8-20(27-10-3-4-11-27)22(24-19)30-17-18-5-6-18/h7-8,18H,3-6,9-17H2,1-2H3,(H,25,28). The van der Waals surface area contributed by atoms with Crippen molar-refractivity contribution in [2.24, 2.45) is 5.92 Å². The molecule has 7 heteroatoms. The number of anilines is 1. The van der Waals surface area contributed by atoms with Gasteiger partial charge in [-0.15, -0.1) is 0 Å². The molecule has 1 amide bonds. The summed E-state index contributed by atoms with van der Waals surface area (Å²) < 4.78 is 11.5. The van der Waals surface area contributed by atoms with E-state index in [-0.39, 0.29) is 11.4 Å². The van der Waals surface area contributed by atoms with Crippen LogP contribution in [0.5, 0.6) is 5.88 Å². The molecule has 0 bridgehead atoms. The average molecular weight is 417 g/mol. The van der Waals surface area contributed by atoms with Gasteiger partial charge in [0, 0.05) is 38.3 Å². The molecule has 0 atom stereocenters. The van der Waals surface area contributed by atoms with Crippen LogP contribution in [-0.2, 0) is 4.74 Å². The molecular weight excluding hydrogens is 380 g/mol. The lowest BCUT2D eigenvalue weighted by atomic mass is 9.99. The molecule has 0 radical (unpaired) electrons. The van der Waals surface area contributed by atoms with Crippen LogP contribution in [0.4, 0.5) is 5.69 Å². The first-order valence-corrected chi connectivity index (χ1v) is 11.5. The Balaban J connectivity index is 1.39. The molecule has 166 valence electrons. The molecule has 2 aliphatic heterocycles. The first-order valence-electron chi connectivity index (χ1n) is 11.5. The van der Waals surface area contributed by atoms with Crippen molar-refractivity contribution in [3.8, 4) is 5.88 Å². The van der Waals surface area contributed by atoms with Gasteiger partial charge in [-0.05, 0) is 64.0 Å². The lowest BCUT2D eigenvalue weighted by Crippen LogP contribution is -2.47. The number of amides is 1. The molecule has 1 aromatic heterocycles. The van der Waals surface area contributed by atoms with Crippen LogP contribution in [0.25, 0.3) is 0 Å². The number of nitrogens with one attached hydrogen (secondary N) is 1. The molecule has 1 N–H and O–H groups in total. The van der Waals surface area contributed by atoms with Gasteiger partial charge in [0.25, 0.3) is 5.91 Å². The van der Waals surface area contributed by atoms with Crippen LogP contribution in [0.15, 0.2) is 12.1 Å². The lowest BCUT2D eigenvalue weighted by molar-refractivity contribution is 0.0341. The predicted octanol–water partition coefficient (Wildman–Crippen LogP) is 2.70. The van der Waals surface area contributed by atoms with Crippen molar-refractivity contribution < 1.29 is 14.3 Å². The van der Waals surface area contributed by atoms with Gasteiger partial charge in [-0.25, -0.2) is 4.98 Å². The van der Waals surface area contributed by atoms with Crippen molar-refractivity contribution in [2.45, 2.75) is 51.5 Å². The minimum atomic E-state index is -0.306. The molecule has 0 unspecified atom stereocenters. The summed E-state index contributed by atoms with van der Waals surface area (Å²) in [6.07, 6.45) is 5.74. The Morgan fingerprint density at radius 1 is 1.20 bits per heavy atom. The van der Waals surface area contributed by atoms with E-state index in [0.29, 0.717) is 24.1 Å². The van der Waals surface area contributed by atoms with Gasteiger partial charge in [-0.2, -0.15) is 0 Å². The summed E-state index contributed by atoms with van der Waals surface area (Å²) >= 11 is 0. The smallest absolute Gasteiger partial charge is 0.270 e. The van der Waals surface area contributed by atoms with Gasteiger partial charge < -0.3 is 19.7 Å². The third-order valence-electron chi connectivity index (χ3n) is 6.28. The molecule has 0 aromatic carbocycles. The second-order valence-corrected chi connectivity index (χ2v) is 9.51. The Morgan fingerprint density at radius 2 is 1.93 bits per heavy atom. The Bertz CT molecular complexity index is 723. The maximum atomic E-state index is 13.0. The molecule has 3 aliphatic rings. The highest BCUT2D eigenvalue weighted by atomic mass is 16.5. The van der Waals surface area contributed by atoms with Crippen LogP contribution < -0.4 is 15.0 Å². The van der Waals surface area contributed by atoms with Crippen LogP contribution >= 0.6 is 0 Å². The van der Waals surface area contributed by atoms with Gasteiger partial charge in [-0.3, -0.25) is 9.69 Å². The first kappa shape index (κ1) is 21.4. The fraction of sp³-hybridized carbons (Fsp3) is 0.739. The summed E-state index contributed by atoms with van der Waals surface area (Å²) in [7, 11) is 0. The fourth-order valence-corrected chi connectivity index (χ4v) is 4.04. The van der Waals surface area contributed by atoms with Crippen LogP contribution in [0.2, 0.25) is 0 Å². The van der Waals surface area contributed by atoms with E-state index < -0.39 is 0 Å². The number of pyridine rings is 1. The van der Waals surface area contributed by atoms with Gasteiger partial charge in [0.1, 0.15) is 5.69 Å². The van der Waals surface area contributed by atoms with Crippen molar-refractivity contribution >= 4 is 11.6 Å². The Morgan fingerprint density at radius 3 is 2.63 bits per heavy atom. The molecule has 30 heavy (non-hydrogen) atoms. The highest BCUT2D eigenvalue weighted by molar-refractivity contribution is 5.93. The van der Waals surface area contributed by atoms with E-state index in [0.717, 1.165) is 58.0 Å². The maximum Gasteiger partial charge on any atom is 0.270 e. The molecule has 0 spiro atoms. The largest absolute Gasteiger partial charge is 0.476 e. The van der Waals surface area contributed by atoms with Gasteiger partial charge in [0.05, 0.1) is 25.5 Å². The average Bonchev–Trinajstić information content (AvgIpc) is 3.42. The molecule has 3 fully saturated rings. The Hall–Kier alpha value is -1.86. The quantitative estimate of drug-likeness (QED) is 0.668. The van der Waals surface area contributed by atoms with Crippen molar-refractivity contribution in [3.63, 3.8) is 0 Å². The minimum absolute atomic E-state index is 0.133. The summed E-state index contributed by atoms with van der Waals surface area (Å²) in [5.74, 6) is 1.13. The summed E-state index contributed by atoms with van der Waals surface area (Å²) in [6.45, 7) is 11.4. The van der Waals surface area contributed by atoms with Crippen molar-refractivity contribution in [1.82, 2.24) is 15.2 Å². The van der Waals surface area contributed by atoms with E-state index in [2.05, 4.69) is 33.9 Å². The number of carbonyl (C=O) groups excluding carboxylic acids is 1. The van der Waals surface area contributed by atoms with Crippen molar-refractivity contribution in [2.75, 3.05) is 57.4 Å². The molecular formula is C23H36N4O3. The maximum absolute atomic E-state index is 13.0. The number of ether oxygens (including phenoxy) is 2. The van der Waals surface area contributed by atoms with Crippen LogP contribution in [0.1, 0.15) is 56.4 Å². The third kappa shape index (κ3) is 5.85. The highest BCUT2D eigenvalue weighted by Gasteiger charge is 2.27. The molecule has 2 saturated heterocycles. The van der Waals surface area contributed by atoms with Crippen LogP contribution in [-0.4, -0.2) is 73.9 Å². The summed E-state index contributed by atoms with van der Waals surface area (Å²) in [5.41, 5.74) is 1.15. The van der Waals surface area contributed by atoms with Crippen LogP contribution in [0.3, 0.4) is 0 Å². The van der Waals surface area contributed by atoms with E-state index in [1.807, 2.05) is 12.1 Å². The van der Waals surface area contributed by atoms with Gasteiger partial charge in [-0.1, -0.05) is 0 Å². The highest BCUT2D eigenvalue weighted by Crippen LogP contribution is 2.33. The molecule has 1 saturated carbocycles. The number of hydrogen-bond acceptors (Lipinski definition) is 6. The van der Waals surface area contributed by atoms with Crippen LogP contribution in [0, 0.1) is 5.92 Å². The summed E-state index contributed by atoms with van der Waals surface area (Å²) in [5, 5.41) is 3.18. The number of morpholine rings is 1. The molecule has 1 aromatic rings. The van der Waals surface area contributed by atoms with E-state index in [4.69, 9.17) is 9.47 Å². The van der Waals surface area contributed by atoms with E-state index in [9.17, 15) is 4.79 Å². The van der Waals surface area contributed by atoms with E-state index >= 15 is 0 Å². The number of rotatable bonds is 9. The number of nitrogens with zero attached hydrogens (tertiary/aromatic N) is 3. The lowest BCUT2D eigenvalue weighted by Gasteiger charge is -2.32. The number of aromatic nitrogens is 1. The fourth-order valence-electron chi connectivity index (χ4n) is 4.04. The number of carbonyl (C=O) groups is 1. The minimum Gasteiger partial charge on any atom is -0.476 e. The summed E-state index contributed by atoms with van der Waals surface area (Å²) in [6, 6.07) is 3.85. The molecule has 1 aliphatic carbocycles. The topological polar surface area (TPSA) is 66.9 Å². The predicted molar refractivity (Wildman–Crippen MR) is 117 cm³/mol. The monoisotopic (exact) mass is 416 g/mol. The zero-order chi connectivity index (χ0) is 21.0. The van der Waals surface area contributed by atoms with Crippen molar-refractivity contribution in [3.05, 3.63) is 17.8 Å². The normalized spacial score (nSPS) is 20.4. The third-order valence-corrected chi connectivity index (χ3v) is 6.28. The van der Waals surface area contributed by atoms with E-state index in [1.165, 1.54) is 25.7 Å². The second kappa shape index (κ2) is 9.52. The molecule has 7 nitrogen and oxygen atoms in total. The van der Waals surface area contributed by atoms with Gasteiger partial charge in [0.2, 0.25) is 5.88 Å². The van der Waals surface area contributed by atoms with E-state index in [1.54, 1.807) is 0 Å². The SMILES string of the molecule is CC(C)(CCN1CCOCC1)NC(=O)c1ccc(N2CCCC2)c(OCC2CC2)n1. The number of hydrogen-bond donors (Lipinski definition) is 1. The first-order chi connectivity index (χ1) is 14.5. The zero-order valence-electron chi connectivity index (χ0n) is 18.5.